The number of carbonyl (C=O) groups excluding carboxylic acids is 1. The van der Waals surface area contributed by atoms with Gasteiger partial charge in [0.25, 0.3) is 0 Å². The fourth-order valence-corrected chi connectivity index (χ4v) is 4.43. The number of ether oxygens (including phenoxy) is 1. The van der Waals surface area contributed by atoms with E-state index in [0.29, 0.717) is 18.9 Å². The van der Waals surface area contributed by atoms with E-state index in [9.17, 15) is 4.79 Å². The molecule has 1 heterocycles. The number of carbonyl (C=O) groups is 1. The number of likely N-dealkylation sites (tertiary alicyclic amines) is 1. The van der Waals surface area contributed by atoms with Gasteiger partial charge in [0.1, 0.15) is 0 Å². The van der Waals surface area contributed by atoms with Crippen LogP contribution < -0.4 is 5.32 Å². The number of nitrogens with zero attached hydrogens (tertiary/aromatic N) is 1. The molecule has 2 fully saturated rings. The van der Waals surface area contributed by atoms with E-state index in [1.807, 2.05) is 0 Å². The Hall–Kier alpha value is -1.39. The van der Waals surface area contributed by atoms with Crippen molar-refractivity contribution in [2.75, 3.05) is 26.8 Å². The van der Waals surface area contributed by atoms with Crippen molar-refractivity contribution >= 4 is 5.91 Å². The number of piperidine rings is 1. The first kappa shape index (κ1) is 18.4. The van der Waals surface area contributed by atoms with Gasteiger partial charge in [-0.05, 0) is 50.3 Å². The summed E-state index contributed by atoms with van der Waals surface area (Å²) in [6, 6.07) is 10.7. The van der Waals surface area contributed by atoms with Gasteiger partial charge in [-0.25, -0.2) is 0 Å². The van der Waals surface area contributed by atoms with Crippen LogP contribution in [-0.2, 0) is 16.1 Å². The van der Waals surface area contributed by atoms with E-state index in [1.165, 1.54) is 18.4 Å². The maximum atomic E-state index is 12.5. The van der Waals surface area contributed by atoms with Gasteiger partial charge in [-0.15, -0.1) is 0 Å². The number of hydrogen-bond acceptors (Lipinski definition) is 3. The van der Waals surface area contributed by atoms with Crippen LogP contribution in [0.4, 0.5) is 0 Å². The molecule has 1 saturated carbocycles. The van der Waals surface area contributed by atoms with Gasteiger partial charge in [0.2, 0.25) is 5.91 Å². The Balaban J connectivity index is 1.41. The van der Waals surface area contributed by atoms with Crippen LogP contribution in [0.1, 0.15) is 50.5 Å². The number of rotatable bonds is 7. The van der Waals surface area contributed by atoms with E-state index in [-0.39, 0.29) is 11.4 Å². The third-order valence-corrected chi connectivity index (χ3v) is 5.82. The summed E-state index contributed by atoms with van der Waals surface area (Å²) in [5, 5.41) is 3.31. The van der Waals surface area contributed by atoms with Gasteiger partial charge in [-0.1, -0.05) is 43.2 Å². The lowest BCUT2D eigenvalue weighted by Gasteiger charge is -2.33. The quantitative estimate of drug-likeness (QED) is 0.825. The highest BCUT2D eigenvalue weighted by molar-refractivity contribution is 5.77. The van der Waals surface area contributed by atoms with E-state index < -0.39 is 0 Å². The summed E-state index contributed by atoms with van der Waals surface area (Å²) in [6.07, 6.45) is 7.42. The van der Waals surface area contributed by atoms with Crippen molar-refractivity contribution in [3.63, 3.8) is 0 Å². The molecule has 3 rings (SSSR count). The van der Waals surface area contributed by atoms with Gasteiger partial charge < -0.3 is 10.1 Å². The number of methoxy groups -OCH3 is 1. The van der Waals surface area contributed by atoms with Crippen LogP contribution in [0.25, 0.3) is 0 Å². The van der Waals surface area contributed by atoms with Gasteiger partial charge in [-0.2, -0.15) is 0 Å². The molecular weight excluding hydrogens is 312 g/mol. The molecule has 1 N–H and O–H groups in total. The van der Waals surface area contributed by atoms with Gasteiger partial charge in [0.15, 0.2) is 0 Å². The minimum atomic E-state index is -0.0974. The molecule has 4 heteroatoms. The highest BCUT2D eigenvalue weighted by atomic mass is 16.5. The van der Waals surface area contributed by atoms with Crippen LogP contribution in [-0.4, -0.2) is 43.2 Å². The van der Waals surface area contributed by atoms with E-state index in [1.54, 1.807) is 7.11 Å². The van der Waals surface area contributed by atoms with Crippen molar-refractivity contribution in [2.24, 2.45) is 5.92 Å². The molecule has 0 spiro atoms. The molecule has 1 aliphatic heterocycles. The number of benzene rings is 1. The summed E-state index contributed by atoms with van der Waals surface area (Å²) in [5.74, 6) is 0.744. The predicted octanol–water partition coefficient (Wildman–Crippen LogP) is 3.36. The summed E-state index contributed by atoms with van der Waals surface area (Å²) in [4.78, 5) is 15.0. The third kappa shape index (κ3) is 5.29. The first-order valence-electron chi connectivity index (χ1n) is 9.75. The second kappa shape index (κ2) is 8.81. The van der Waals surface area contributed by atoms with Gasteiger partial charge in [0, 0.05) is 20.1 Å². The van der Waals surface area contributed by atoms with Crippen molar-refractivity contribution in [1.29, 1.82) is 0 Å². The maximum absolute atomic E-state index is 12.5. The fraction of sp³-hybridized carbons (Fsp3) is 0.667. The van der Waals surface area contributed by atoms with Crippen molar-refractivity contribution in [3.8, 4) is 0 Å². The lowest BCUT2D eigenvalue weighted by Crippen LogP contribution is -2.50. The Morgan fingerprint density at radius 3 is 2.52 bits per heavy atom. The topological polar surface area (TPSA) is 41.6 Å². The molecule has 1 aromatic carbocycles. The average molecular weight is 344 g/mol. The van der Waals surface area contributed by atoms with Crippen LogP contribution in [0, 0.1) is 5.92 Å². The Bertz CT molecular complexity index is 532. The summed E-state index contributed by atoms with van der Waals surface area (Å²) >= 11 is 0. The first-order valence-corrected chi connectivity index (χ1v) is 9.75. The molecule has 1 aromatic rings. The highest BCUT2D eigenvalue weighted by Crippen LogP contribution is 2.30. The van der Waals surface area contributed by atoms with Gasteiger partial charge in [-0.3, -0.25) is 9.69 Å². The summed E-state index contributed by atoms with van der Waals surface area (Å²) in [7, 11) is 1.73. The van der Waals surface area contributed by atoms with Crippen molar-refractivity contribution < 1.29 is 9.53 Å². The molecule has 4 nitrogen and oxygen atoms in total. The Morgan fingerprint density at radius 2 is 1.88 bits per heavy atom. The third-order valence-electron chi connectivity index (χ3n) is 5.82. The first-order chi connectivity index (χ1) is 12.2. The van der Waals surface area contributed by atoms with E-state index in [4.69, 9.17) is 4.74 Å². The molecule has 0 radical (unpaired) electrons. The molecule has 0 unspecified atom stereocenters. The van der Waals surface area contributed by atoms with Crippen LogP contribution in [0.15, 0.2) is 30.3 Å². The molecular formula is C21H32N2O2. The van der Waals surface area contributed by atoms with Crippen LogP contribution in [0.2, 0.25) is 0 Å². The minimum Gasteiger partial charge on any atom is -0.382 e. The molecule has 138 valence electrons. The Morgan fingerprint density at radius 1 is 1.20 bits per heavy atom. The molecule has 0 aromatic heterocycles. The summed E-state index contributed by atoms with van der Waals surface area (Å²) in [6.45, 7) is 3.86. The largest absolute Gasteiger partial charge is 0.382 e. The zero-order valence-electron chi connectivity index (χ0n) is 15.5. The van der Waals surface area contributed by atoms with Crippen LogP contribution in [0.5, 0.6) is 0 Å². The Labute approximate surface area is 151 Å². The second-order valence-corrected chi connectivity index (χ2v) is 7.88. The number of nitrogens with one attached hydrogen (secondary N) is 1. The van der Waals surface area contributed by atoms with Gasteiger partial charge in [0.05, 0.1) is 12.1 Å². The summed E-state index contributed by atoms with van der Waals surface area (Å²) < 4.78 is 5.37. The maximum Gasteiger partial charge on any atom is 0.220 e. The van der Waals surface area contributed by atoms with Gasteiger partial charge >= 0.3 is 0 Å². The van der Waals surface area contributed by atoms with Crippen molar-refractivity contribution in [3.05, 3.63) is 35.9 Å². The zero-order chi connectivity index (χ0) is 17.5. The van der Waals surface area contributed by atoms with E-state index in [0.717, 1.165) is 45.3 Å². The van der Waals surface area contributed by atoms with E-state index >= 15 is 0 Å². The molecule has 0 bridgehead atoms. The number of amides is 1. The number of hydrogen-bond donors (Lipinski definition) is 1. The second-order valence-electron chi connectivity index (χ2n) is 7.88. The van der Waals surface area contributed by atoms with Crippen LogP contribution in [0.3, 0.4) is 0 Å². The highest BCUT2D eigenvalue weighted by Gasteiger charge is 2.35. The average Bonchev–Trinajstić information content (AvgIpc) is 3.06. The minimum absolute atomic E-state index is 0.0974. The predicted molar refractivity (Wildman–Crippen MR) is 100 cm³/mol. The molecule has 2 aliphatic rings. The lowest BCUT2D eigenvalue weighted by atomic mass is 9.91. The van der Waals surface area contributed by atoms with Crippen molar-refractivity contribution in [2.45, 2.75) is 57.0 Å². The van der Waals surface area contributed by atoms with Crippen LogP contribution >= 0.6 is 0 Å². The smallest absolute Gasteiger partial charge is 0.220 e. The summed E-state index contributed by atoms with van der Waals surface area (Å²) in [5.41, 5.74) is 1.28. The molecule has 1 saturated heterocycles. The SMILES string of the molecule is COCC1(NC(=O)CC2CCN(Cc3ccccc3)CC2)CCCC1. The molecule has 1 aliphatic carbocycles. The molecule has 0 atom stereocenters. The normalized spacial score (nSPS) is 21.3. The van der Waals surface area contributed by atoms with E-state index in [2.05, 4.69) is 40.5 Å². The monoisotopic (exact) mass is 344 g/mol. The van der Waals surface area contributed by atoms with Crippen molar-refractivity contribution in [1.82, 2.24) is 10.2 Å². The molecule has 1 amide bonds. The molecule has 25 heavy (non-hydrogen) atoms. The zero-order valence-corrected chi connectivity index (χ0v) is 15.5. The Kier molecular flexibility index (Phi) is 6.49. The fourth-order valence-electron chi connectivity index (χ4n) is 4.43. The standard InChI is InChI=1S/C21H32N2O2/c1-25-17-21(11-5-6-12-21)22-20(24)15-18-9-13-23(14-10-18)16-19-7-3-2-4-8-19/h2-4,7-8,18H,5-6,9-17H2,1H3,(H,22,24). The lowest BCUT2D eigenvalue weighted by molar-refractivity contribution is -0.125.